The maximum Gasteiger partial charge on any atom is 0.308 e. The fourth-order valence-corrected chi connectivity index (χ4v) is 0.454. The highest BCUT2D eigenvalue weighted by atomic mass is 16.5. The Morgan fingerprint density at radius 3 is 2.70 bits per heavy atom. The molecule has 1 aliphatic carbocycles. The Hall–Kier alpha value is -0.530. The van der Waals surface area contributed by atoms with E-state index in [4.69, 9.17) is 15.1 Å². The largest absolute Gasteiger partial charge is 0.469 e. The Morgan fingerprint density at radius 1 is 1.60 bits per heavy atom. The average molecular weight is 153 g/mol. The lowest BCUT2D eigenvalue weighted by atomic mass is 9.89. The van der Waals surface area contributed by atoms with Crippen LogP contribution in [0.3, 0.4) is 0 Å². The van der Waals surface area contributed by atoms with Crippen molar-refractivity contribution in [3.8, 4) is 0 Å². The molecule has 1 aliphatic rings. The molecular formula is C8H14O2. The molecule has 2 heteroatoms. The van der Waals surface area contributed by atoms with Crippen LogP contribution in [0.4, 0.5) is 0 Å². The van der Waals surface area contributed by atoms with E-state index >= 15 is 0 Å². The van der Waals surface area contributed by atoms with Crippen LogP contribution in [0.5, 0.6) is 0 Å². The minimum atomic E-state index is -3.69. The first kappa shape index (κ1) is 1.62. The van der Waals surface area contributed by atoms with Crippen molar-refractivity contribution in [1.82, 2.24) is 0 Å². The van der Waals surface area contributed by atoms with Gasteiger partial charge in [-0.3, -0.25) is 4.79 Å². The molecule has 2 nitrogen and oxygen atoms in total. The zero-order chi connectivity index (χ0) is 17.3. The molecule has 0 aliphatic heterocycles. The smallest absolute Gasteiger partial charge is 0.308 e. The second-order valence-electron chi connectivity index (χ2n) is 1.49. The van der Waals surface area contributed by atoms with Crippen molar-refractivity contribution in [3.63, 3.8) is 0 Å². The van der Waals surface area contributed by atoms with Crippen LogP contribution < -0.4 is 0 Å². The Bertz CT molecular complexity index is 439. The van der Waals surface area contributed by atoms with Gasteiger partial charge in [0.2, 0.25) is 0 Å². The molecule has 1 fully saturated rings. The van der Waals surface area contributed by atoms with E-state index in [1.165, 1.54) is 0 Å². The molecule has 0 saturated heterocycles. The zero-order valence-electron chi connectivity index (χ0n) is 16.3. The summed E-state index contributed by atoms with van der Waals surface area (Å²) in [7, 11) is 0.721. The molecule has 0 spiro atoms. The molecule has 0 atom stereocenters. The van der Waals surface area contributed by atoms with Crippen LogP contribution in [0.15, 0.2) is 0 Å². The lowest BCUT2D eigenvalue weighted by Gasteiger charge is -2.18. The molecule has 0 aromatic heterocycles. The molecule has 0 bridgehead atoms. The van der Waals surface area contributed by atoms with Gasteiger partial charge < -0.3 is 4.74 Å². The molecule has 0 amide bonds. The van der Waals surface area contributed by atoms with Crippen molar-refractivity contribution in [2.75, 3.05) is 7.11 Å². The van der Waals surface area contributed by atoms with E-state index in [1.807, 2.05) is 0 Å². The van der Waals surface area contributed by atoms with Crippen LogP contribution in [0.25, 0.3) is 0 Å². The molecule has 1 saturated carbocycles. The Balaban J connectivity index is 3.87. The minimum absolute atomic E-state index is 0.721. The molecule has 0 unspecified atom stereocenters. The summed E-state index contributed by atoms with van der Waals surface area (Å²) in [6, 6.07) is 0. The number of carbonyl (C=O) groups is 1. The van der Waals surface area contributed by atoms with Crippen LogP contribution in [-0.2, 0) is 9.53 Å². The summed E-state index contributed by atoms with van der Waals surface area (Å²) >= 11 is 0. The molecule has 0 N–H and O–H groups in total. The molecule has 0 heterocycles. The summed E-state index contributed by atoms with van der Waals surface area (Å²) in [6.45, 7) is 0. The van der Waals surface area contributed by atoms with Crippen molar-refractivity contribution in [2.45, 2.75) is 31.9 Å². The van der Waals surface area contributed by atoms with E-state index in [9.17, 15) is 4.79 Å². The predicted octanol–water partition coefficient (Wildman–Crippen LogP) is 1.74. The van der Waals surface area contributed by atoms with Crippen LogP contribution in [0.2, 0.25) is 0 Å². The first-order valence-electron chi connectivity index (χ1n) is 8.07. The summed E-state index contributed by atoms with van der Waals surface area (Å²) in [5, 5.41) is 0. The number of rotatable bonds is 1. The third-order valence-electron chi connectivity index (χ3n) is 0.890. The van der Waals surface area contributed by atoms with Gasteiger partial charge in [-0.1, -0.05) is 19.1 Å². The second-order valence-corrected chi connectivity index (χ2v) is 1.49. The Labute approximate surface area is 77.0 Å². The normalized spacial score (nSPS) is 65.1. The monoisotopic (exact) mass is 153 g/mol. The topological polar surface area (TPSA) is 26.3 Å². The SMILES string of the molecule is [2H]C1([2H])C([2H])([2H])C([2H])([2H])C([2H])(C(=O)OC)C([2H])([2H])C1([2H])[2H]. The van der Waals surface area contributed by atoms with E-state index in [1.54, 1.807) is 0 Å². The van der Waals surface area contributed by atoms with E-state index in [2.05, 4.69) is 4.74 Å². The van der Waals surface area contributed by atoms with Crippen LogP contribution >= 0.6 is 0 Å². The van der Waals surface area contributed by atoms with Gasteiger partial charge in [-0.15, -0.1) is 0 Å². The first-order valence-corrected chi connectivity index (χ1v) is 2.57. The maximum atomic E-state index is 11.8. The Morgan fingerprint density at radius 2 is 2.20 bits per heavy atom. The van der Waals surface area contributed by atoms with Gasteiger partial charge in [0.05, 0.1) is 13.0 Å². The summed E-state index contributed by atoms with van der Waals surface area (Å²) in [5.74, 6) is -5.45. The highest BCUT2D eigenvalue weighted by molar-refractivity contribution is 5.72. The van der Waals surface area contributed by atoms with Crippen molar-refractivity contribution >= 4 is 5.97 Å². The highest BCUT2D eigenvalue weighted by Gasteiger charge is 2.20. The summed E-state index contributed by atoms with van der Waals surface area (Å²) in [5.41, 5.74) is 0. The van der Waals surface area contributed by atoms with Crippen molar-refractivity contribution in [1.29, 1.82) is 0 Å². The molecular weight excluding hydrogens is 128 g/mol. The third kappa shape index (κ3) is 1.72. The van der Waals surface area contributed by atoms with E-state index in [0.717, 1.165) is 7.11 Å². The van der Waals surface area contributed by atoms with Gasteiger partial charge in [0.25, 0.3) is 0 Å². The van der Waals surface area contributed by atoms with Crippen molar-refractivity contribution < 1.29 is 24.6 Å². The highest BCUT2D eigenvalue weighted by Crippen LogP contribution is 2.24. The zero-order valence-corrected chi connectivity index (χ0v) is 5.32. The lowest BCUT2D eigenvalue weighted by Crippen LogP contribution is -2.18. The van der Waals surface area contributed by atoms with E-state index < -0.39 is 43.7 Å². The summed E-state index contributed by atoms with van der Waals surface area (Å²) in [4.78, 5) is 11.8. The summed E-state index contributed by atoms with van der Waals surface area (Å²) in [6.07, 6.45) is -18.3. The molecule has 10 heavy (non-hydrogen) atoms. The lowest BCUT2D eigenvalue weighted by molar-refractivity contribution is -0.146. The molecule has 0 aromatic carbocycles. The third-order valence-corrected chi connectivity index (χ3v) is 0.890. The molecule has 0 aromatic rings. The quantitative estimate of drug-likeness (QED) is 0.536. The van der Waals surface area contributed by atoms with E-state index in [-0.39, 0.29) is 0 Å². The van der Waals surface area contributed by atoms with Crippen LogP contribution in [0, 0.1) is 5.89 Å². The summed E-state index contributed by atoms with van der Waals surface area (Å²) < 4.78 is 88.0. The molecule has 1 rings (SSSR count). The van der Waals surface area contributed by atoms with Crippen molar-refractivity contribution in [3.05, 3.63) is 0 Å². The van der Waals surface area contributed by atoms with Gasteiger partial charge in [0.1, 0.15) is 0 Å². The number of hydrogen-bond donors (Lipinski definition) is 0. The predicted molar refractivity (Wildman–Crippen MR) is 38.6 cm³/mol. The first-order chi connectivity index (χ1) is 8.98. The number of esters is 1. The second kappa shape index (κ2) is 3.59. The van der Waals surface area contributed by atoms with Crippen LogP contribution in [0.1, 0.15) is 46.9 Å². The van der Waals surface area contributed by atoms with Gasteiger partial charge in [0, 0.05) is 15.1 Å². The number of methoxy groups -OCH3 is 1. The minimum Gasteiger partial charge on any atom is -0.469 e. The number of hydrogen-bond acceptors (Lipinski definition) is 2. The standard InChI is InChI=1S/C8H14O2/c1-10-8(9)7-5-3-2-4-6-7/h7H,2-6H2,1H3/i2D2,3D2,4D2,5D2,6D2,7D. The van der Waals surface area contributed by atoms with Crippen molar-refractivity contribution in [2.24, 2.45) is 5.89 Å². The molecule has 0 radical (unpaired) electrons. The van der Waals surface area contributed by atoms with Gasteiger partial charge in [0.15, 0.2) is 0 Å². The van der Waals surface area contributed by atoms with Crippen LogP contribution in [-0.4, -0.2) is 13.1 Å². The molecule has 58 valence electrons. The maximum absolute atomic E-state index is 11.8. The van der Waals surface area contributed by atoms with Gasteiger partial charge in [-0.05, 0) is 12.7 Å². The average Bonchev–Trinajstić information content (AvgIpc) is 2.34. The fraction of sp³-hybridized carbons (Fsp3) is 0.875. The fourth-order valence-electron chi connectivity index (χ4n) is 0.454. The number of carbonyl (C=O) groups excluding carboxylic acids is 1. The Kier molecular flexibility index (Phi) is 0.582. The van der Waals surface area contributed by atoms with Gasteiger partial charge in [-0.2, -0.15) is 0 Å². The number of ether oxygens (including phenoxy) is 1. The van der Waals surface area contributed by atoms with E-state index in [0.29, 0.717) is 0 Å². The van der Waals surface area contributed by atoms with Gasteiger partial charge >= 0.3 is 5.97 Å². The van der Waals surface area contributed by atoms with Gasteiger partial charge in [-0.25, -0.2) is 0 Å².